The van der Waals surface area contributed by atoms with Gasteiger partial charge in [0.15, 0.2) is 0 Å². The first kappa shape index (κ1) is 30.0. The highest BCUT2D eigenvalue weighted by atomic mass is 35.5. The van der Waals surface area contributed by atoms with Crippen LogP contribution in [0.25, 0.3) is 16.6 Å². The predicted octanol–water partition coefficient (Wildman–Crippen LogP) is 6.20. The maximum atomic E-state index is 15.5. The number of anilines is 2. The summed E-state index contributed by atoms with van der Waals surface area (Å²) >= 11 is 6.14. The van der Waals surface area contributed by atoms with E-state index in [-0.39, 0.29) is 17.0 Å². The summed E-state index contributed by atoms with van der Waals surface area (Å²) in [5, 5.41) is 12.8. The van der Waals surface area contributed by atoms with Crippen LogP contribution in [0.3, 0.4) is 0 Å². The van der Waals surface area contributed by atoms with Crippen LogP contribution in [0.15, 0.2) is 95.9 Å². The Morgan fingerprint density at radius 2 is 1.58 bits per heavy atom. The number of carboxylic acid groups (broad SMARTS) is 1. The first-order chi connectivity index (χ1) is 21.7. The van der Waals surface area contributed by atoms with E-state index in [9.17, 15) is 23.9 Å². The molecule has 6 rings (SSSR count). The Hall–Kier alpha value is -5.06. The third kappa shape index (κ3) is 6.29. The number of aromatic nitrogens is 1. The van der Waals surface area contributed by atoms with Gasteiger partial charge in [-0.25, -0.2) is 13.6 Å². The zero-order chi connectivity index (χ0) is 31.7. The van der Waals surface area contributed by atoms with Crippen LogP contribution in [0.4, 0.5) is 20.2 Å². The van der Waals surface area contributed by atoms with Gasteiger partial charge >= 0.3 is 5.97 Å². The van der Waals surface area contributed by atoms with Crippen molar-refractivity contribution in [2.45, 2.75) is 6.54 Å². The van der Waals surface area contributed by atoms with Crippen molar-refractivity contribution in [3.63, 3.8) is 0 Å². The fourth-order valence-electron chi connectivity index (χ4n) is 5.47. The Morgan fingerprint density at radius 1 is 0.889 bits per heavy atom. The molecule has 228 valence electrons. The minimum atomic E-state index is -1.44. The molecule has 1 saturated heterocycles. The number of nitrogens with zero attached hydrogens (tertiary/aromatic N) is 3. The van der Waals surface area contributed by atoms with E-state index in [1.807, 2.05) is 17.0 Å². The van der Waals surface area contributed by atoms with E-state index in [1.54, 1.807) is 42.5 Å². The van der Waals surface area contributed by atoms with Crippen LogP contribution >= 0.6 is 11.6 Å². The average Bonchev–Trinajstić information content (AvgIpc) is 3.03. The maximum Gasteiger partial charge on any atom is 0.341 e. The summed E-state index contributed by atoms with van der Waals surface area (Å²) in [6, 6.07) is 22.4. The van der Waals surface area contributed by atoms with E-state index in [0.717, 1.165) is 11.6 Å². The summed E-state index contributed by atoms with van der Waals surface area (Å²) in [6.07, 6.45) is 1.19. The smallest absolute Gasteiger partial charge is 0.341 e. The molecule has 45 heavy (non-hydrogen) atoms. The number of fused-ring (bicyclic) bond motifs is 1. The number of aromatic carboxylic acids is 1. The molecule has 0 saturated carbocycles. The molecule has 0 unspecified atom stereocenters. The minimum Gasteiger partial charge on any atom is -0.477 e. The molecular weight excluding hydrogens is 602 g/mol. The highest BCUT2D eigenvalue weighted by Gasteiger charge is 2.23. The van der Waals surface area contributed by atoms with Gasteiger partial charge < -0.3 is 19.9 Å². The molecule has 0 bridgehead atoms. The van der Waals surface area contributed by atoms with E-state index < -0.39 is 28.6 Å². The summed E-state index contributed by atoms with van der Waals surface area (Å²) < 4.78 is 30.6. The lowest BCUT2D eigenvalue weighted by atomic mass is 10.1. The number of pyridine rings is 1. The Morgan fingerprint density at radius 3 is 2.24 bits per heavy atom. The van der Waals surface area contributed by atoms with E-state index >= 15 is 4.39 Å². The van der Waals surface area contributed by atoms with Crippen molar-refractivity contribution in [3.05, 3.63) is 135 Å². The summed E-state index contributed by atoms with van der Waals surface area (Å²) in [5.74, 6) is -2.80. The molecule has 5 aromatic rings. The molecule has 0 spiro atoms. The monoisotopic (exact) mass is 628 g/mol. The number of amides is 1. The third-order valence-corrected chi connectivity index (χ3v) is 8.19. The molecule has 0 aliphatic carbocycles. The van der Waals surface area contributed by atoms with Gasteiger partial charge in [-0.2, -0.15) is 0 Å². The number of nitrogens with one attached hydrogen (secondary N) is 1. The highest BCUT2D eigenvalue weighted by Crippen LogP contribution is 2.28. The van der Waals surface area contributed by atoms with E-state index in [4.69, 9.17) is 11.6 Å². The molecule has 2 heterocycles. The summed E-state index contributed by atoms with van der Waals surface area (Å²) in [7, 11) is 0. The number of rotatable bonds is 7. The van der Waals surface area contributed by atoms with Crippen molar-refractivity contribution in [2.75, 3.05) is 36.4 Å². The van der Waals surface area contributed by atoms with Crippen molar-refractivity contribution in [1.29, 1.82) is 0 Å². The van der Waals surface area contributed by atoms with Gasteiger partial charge in [-0.1, -0.05) is 35.9 Å². The highest BCUT2D eigenvalue weighted by molar-refractivity contribution is 6.33. The molecule has 1 fully saturated rings. The molecule has 1 aliphatic rings. The van der Waals surface area contributed by atoms with E-state index in [0.29, 0.717) is 60.2 Å². The topological polar surface area (TPSA) is 94.9 Å². The molecule has 0 radical (unpaired) electrons. The second kappa shape index (κ2) is 12.5. The van der Waals surface area contributed by atoms with Crippen molar-refractivity contribution < 1.29 is 23.5 Å². The molecule has 1 aliphatic heterocycles. The number of hydrogen-bond donors (Lipinski definition) is 2. The Kier molecular flexibility index (Phi) is 8.34. The molecule has 11 heteroatoms. The zero-order valence-electron chi connectivity index (χ0n) is 23.8. The average molecular weight is 629 g/mol. The van der Waals surface area contributed by atoms with Crippen LogP contribution in [-0.2, 0) is 6.54 Å². The number of carboxylic acids is 1. The second-order valence-corrected chi connectivity index (χ2v) is 11.1. The summed E-state index contributed by atoms with van der Waals surface area (Å²) in [4.78, 5) is 41.5. The van der Waals surface area contributed by atoms with Crippen molar-refractivity contribution in [2.24, 2.45) is 0 Å². The Bertz CT molecular complexity index is 1970. The standard InChI is InChI=1S/C34H27ClF2N4O4/c35-27-3-1-2-4-29(27)38-33(43)22-7-5-21(6-8-22)19-39-13-15-40(16-14-39)31-18-30-25(17-28(31)37)32(42)26(34(44)45)20-41(30)24-11-9-23(36)10-12-24/h1-12,17-18,20H,13-16,19H2,(H,38,43)(H,44,45). The molecule has 0 atom stereocenters. The number of piperazine rings is 1. The van der Waals surface area contributed by atoms with Crippen LogP contribution < -0.4 is 15.6 Å². The molecule has 1 amide bonds. The lowest BCUT2D eigenvalue weighted by Gasteiger charge is -2.36. The van der Waals surface area contributed by atoms with Gasteiger partial charge in [-0.05, 0) is 66.2 Å². The van der Waals surface area contributed by atoms with Gasteiger partial charge in [0.1, 0.15) is 17.2 Å². The van der Waals surface area contributed by atoms with Crippen LogP contribution in [0.2, 0.25) is 5.02 Å². The van der Waals surface area contributed by atoms with Crippen LogP contribution in [0, 0.1) is 11.6 Å². The fraction of sp³-hybridized carbons (Fsp3) is 0.147. The van der Waals surface area contributed by atoms with Gasteiger partial charge in [-0.3, -0.25) is 14.5 Å². The normalized spacial score (nSPS) is 13.6. The van der Waals surface area contributed by atoms with E-state index in [2.05, 4.69) is 10.2 Å². The lowest BCUT2D eigenvalue weighted by Crippen LogP contribution is -2.46. The van der Waals surface area contributed by atoms with E-state index in [1.165, 1.54) is 35.0 Å². The Balaban J connectivity index is 1.17. The number of benzene rings is 4. The molecule has 2 N–H and O–H groups in total. The molecule has 8 nitrogen and oxygen atoms in total. The van der Waals surface area contributed by atoms with Crippen LogP contribution in [0.5, 0.6) is 0 Å². The predicted molar refractivity (Wildman–Crippen MR) is 170 cm³/mol. The van der Waals surface area contributed by atoms with Crippen LogP contribution in [-0.4, -0.2) is 52.6 Å². The SMILES string of the molecule is O=C(Nc1ccccc1Cl)c1ccc(CN2CCN(c3cc4c(cc3F)c(=O)c(C(=O)O)cn4-c3ccc(F)cc3)CC2)cc1. The summed E-state index contributed by atoms with van der Waals surface area (Å²) in [6.45, 7) is 2.93. The van der Waals surface area contributed by atoms with Crippen molar-refractivity contribution in [3.8, 4) is 5.69 Å². The molecular formula is C34H27ClF2N4O4. The fourth-order valence-corrected chi connectivity index (χ4v) is 5.65. The van der Waals surface area contributed by atoms with Crippen molar-refractivity contribution in [1.82, 2.24) is 9.47 Å². The lowest BCUT2D eigenvalue weighted by molar-refractivity contribution is 0.0694. The largest absolute Gasteiger partial charge is 0.477 e. The second-order valence-electron chi connectivity index (χ2n) is 10.7. The van der Waals surface area contributed by atoms with Gasteiger partial charge in [0.25, 0.3) is 5.91 Å². The van der Waals surface area contributed by atoms with Crippen molar-refractivity contribution >= 4 is 45.8 Å². The zero-order valence-corrected chi connectivity index (χ0v) is 24.6. The first-order valence-corrected chi connectivity index (χ1v) is 14.6. The maximum absolute atomic E-state index is 15.5. The van der Waals surface area contributed by atoms with Crippen LogP contribution in [0.1, 0.15) is 26.3 Å². The summed E-state index contributed by atoms with van der Waals surface area (Å²) in [5.41, 5.74) is 1.79. The number of halogens is 3. The number of carbonyl (C=O) groups excluding carboxylic acids is 1. The quantitative estimate of drug-likeness (QED) is 0.223. The molecule has 1 aromatic heterocycles. The number of para-hydroxylation sites is 1. The van der Waals surface area contributed by atoms with Gasteiger partial charge in [0, 0.05) is 55.6 Å². The van der Waals surface area contributed by atoms with Gasteiger partial charge in [0.05, 0.1) is 21.9 Å². The minimum absolute atomic E-state index is 0.0805. The number of hydrogen-bond acceptors (Lipinski definition) is 5. The Labute approximate surface area is 261 Å². The van der Waals surface area contributed by atoms with Gasteiger partial charge in [0.2, 0.25) is 5.43 Å². The molecule has 4 aromatic carbocycles. The number of carbonyl (C=O) groups is 2. The van der Waals surface area contributed by atoms with Gasteiger partial charge in [-0.15, -0.1) is 0 Å². The third-order valence-electron chi connectivity index (χ3n) is 7.86. The first-order valence-electron chi connectivity index (χ1n) is 14.2.